The summed E-state index contributed by atoms with van der Waals surface area (Å²) < 4.78 is 2.07. The van der Waals surface area contributed by atoms with Crippen LogP contribution >= 0.6 is 0 Å². The number of hydrogen-bond acceptors (Lipinski definition) is 2. The van der Waals surface area contributed by atoms with Crippen molar-refractivity contribution < 1.29 is 0 Å². The third-order valence-corrected chi connectivity index (χ3v) is 3.35. The molecule has 1 N–H and O–H groups in total. The molecule has 3 heteroatoms. The Labute approximate surface area is 109 Å². The van der Waals surface area contributed by atoms with Crippen LogP contribution in [0.3, 0.4) is 0 Å². The largest absolute Gasteiger partial charge is 0.311 e. The lowest BCUT2D eigenvalue weighted by atomic mass is 9.98. The average molecular weight is 243 g/mol. The maximum atomic E-state index is 4.55. The quantitative estimate of drug-likeness (QED) is 0.874. The van der Waals surface area contributed by atoms with Crippen molar-refractivity contribution in [1.82, 2.24) is 15.1 Å². The summed E-state index contributed by atoms with van der Waals surface area (Å²) in [6, 6.07) is 13.2. The molecule has 0 saturated carbocycles. The van der Waals surface area contributed by atoms with E-state index in [4.69, 9.17) is 0 Å². The lowest BCUT2D eigenvalue weighted by Crippen LogP contribution is -2.27. The molecule has 0 fully saturated rings. The highest BCUT2D eigenvalue weighted by molar-refractivity contribution is 5.20. The molecule has 2 unspecified atom stereocenters. The summed E-state index contributed by atoms with van der Waals surface area (Å²) in [5.41, 5.74) is 2.37. The van der Waals surface area contributed by atoms with E-state index in [1.807, 2.05) is 14.0 Å². The van der Waals surface area contributed by atoms with Crippen molar-refractivity contribution in [2.75, 3.05) is 7.05 Å². The van der Waals surface area contributed by atoms with Gasteiger partial charge >= 0.3 is 0 Å². The summed E-state index contributed by atoms with van der Waals surface area (Å²) in [5, 5.41) is 7.97. The van der Waals surface area contributed by atoms with Crippen LogP contribution in [0.5, 0.6) is 0 Å². The summed E-state index contributed by atoms with van der Waals surface area (Å²) in [6.45, 7) is 4.23. The third kappa shape index (κ3) is 2.62. The van der Waals surface area contributed by atoms with Gasteiger partial charge in [-0.2, -0.15) is 5.10 Å². The summed E-state index contributed by atoms with van der Waals surface area (Å²) in [5.74, 6) is 0. The molecule has 2 atom stereocenters. The SMILES string of the molecule is CCC(C(NC)c1ccccc1)n1ccc(C)n1. The molecule has 96 valence electrons. The summed E-state index contributed by atoms with van der Waals surface area (Å²) >= 11 is 0. The number of benzene rings is 1. The molecule has 0 amide bonds. The normalized spacial score (nSPS) is 14.4. The molecule has 0 bridgehead atoms. The van der Waals surface area contributed by atoms with Gasteiger partial charge in [0.1, 0.15) is 0 Å². The summed E-state index contributed by atoms with van der Waals surface area (Å²) in [7, 11) is 2.01. The first-order valence-electron chi connectivity index (χ1n) is 6.50. The van der Waals surface area contributed by atoms with Gasteiger partial charge in [0.05, 0.1) is 17.8 Å². The van der Waals surface area contributed by atoms with Gasteiger partial charge in [-0.05, 0) is 32.0 Å². The Morgan fingerprint density at radius 3 is 2.44 bits per heavy atom. The van der Waals surface area contributed by atoms with Gasteiger partial charge in [-0.3, -0.25) is 4.68 Å². The number of hydrogen-bond donors (Lipinski definition) is 1. The monoisotopic (exact) mass is 243 g/mol. The Kier molecular flexibility index (Phi) is 4.15. The molecule has 1 aromatic carbocycles. The van der Waals surface area contributed by atoms with Crippen LogP contribution in [0, 0.1) is 6.92 Å². The zero-order valence-corrected chi connectivity index (χ0v) is 11.3. The van der Waals surface area contributed by atoms with E-state index in [9.17, 15) is 0 Å². The Morgan fingerprint density at radius 1 is 1.22 bits per heavy atom. The molecule has 18 heavy (non-hydrogen) atoms. The van der Waals surface area contributed by atoms with Gasteiger partial charge in [0.2, 0.25) is 0 Å². The van der Waals surface area contributed by atoms with Crippen LogP contribution < -0.4 is 5.32 Å². The molecule has 0 aliphatic carbocycles. The number of aryl methyl sites for hydroxylation is 1. The predicted molar refractivity (Wildman–Crippen MR) is 74.5 cm³/mol. The molecule has 0 saturated heterocycles. The molecular weight excluding hydrogens is 222 g/mol. The van der Waals surface area contributed by atoms with Crippen LogP contribution in [0.2, 0.25) is 0 Å². The number of nitrogens with one attached hydrogen (secondary N) is 1. The lowest BCUT2D eigenvalue weighted by Gasteiger charge is -2.26. The summed E-state index contributed by atoms with van der Waals surface area (Å²) in [4.78, 5) is 0. The van der Waals surface area contributed by atoms with Crippen molar-refractivity contribution in [1.29, 1.82) is 0 Å². The topological polar surface area (TPSA) is 29.9 Å². The van der Waals surface area contributed by atoms with Crippen molar-refractivity contribution in [2.45, 2.75) is 32.4 Å². The molecule has 0 aliphatic heterocycles. The maximum absolute atomic E-state index is 4.55. The standard InChI is InChI=1S/C15H21N3/c1-4-14(18-11-10-12(2)17-18)15(16-3)13-8-6-5-7-9-13/h5-11,14-16H,4H2,1-3H3. The van der Waals surface area contributed by atoms with Crippen LogP contribution in [0.1, 0.15) is 36.7 Å². The van der Waals surface area contributed by atoms with Gasteiger partial charge in [0.25, 0.3) is 0 Å². The van der Waals surface area contributed by atoms with E-state index in [1.165, 1.54) is 5.56 Å². The van der Waals surface area contributed by atoms with Crippen molar-refractivity contribution >= 4 is 0 Å². The van der Waals surface area contributed by atoms with Crippen LogP contribution in [0.4, 0.5) is 0 Å². The number of rotatable bonds is 5. The van der Waals surface area contributed by atoms with Crippen LogP contribution in [0.25, 0.3) is 0 Å². The van der Waals surface area contributed by atoms with E-state index >= 15 is 0 Å². The minimum atomic E-state index is 0.288. The maximum Gasteiger partial charge on any atom is 0.0711 e. The smallest absolute Gasteiger partial charge is 0.0711 e. The number of likely N-dealkylation sites (N-methyl/N-ethyl adjacent to an activating group) is 1. The Hall–Kier alpha value is -1.61. The van der Waals surface area contributed by atoms with Gasteiger partial charge in [-0.25, -0.2) is 0 Å². The molecule has 0 spiro atoms. The average Bonchev–Trinajstić information content (AvgIpc) is 2.83. The minimum absolute atomic E-state index is 0.288. The van der Waals surface area contributed by atoms with Crippen LogP contribution in [-0.2, 0) is 0 Å². The van der Waals surface area contributed by atoms with Gasteiger partial charge in [-0.15, -0.1) is 0 Å². The molecule has 3 nitrogen and oxygen atoms in total. The fraction of sp³-hybridized carbons (Fsp3) is 0.400. The van der Waals surface area contributed by atoms with E-state index in [1.54, 1.807) is 0 Å². The van der Waals surface area contributed by atoms with E-state index < -0.39 is 0 Å². The molecular formula is C15H21N3. The number of aromatic nitrogens is 2. The highest BCUT2D eigenvalue weighted by Crippen LogP contribution is 2.28. The van der Waals surface area contributed by atoms with E-state index in [2.05, 4.69) is 64.6 Å². The number of nitrogens with zero attached hydrogens (tertiary/aromatic N) is 2. The zero-order valence-electron chi connectivity index (χ0n) is 11.3. The second-order valence-electron chi connectivity index (χ2n) is 4.59. The first-order valence-corrected chi connectivity index (χ1v) is 6.50. The van der Waals surface area contributed by atoms with Gasteiger partial charge in [0, 0.05) is 6.20 Å². The van der Waals surface area contributed by atoms with Crippen molar-refractivity contribution in [3.63, 3.8) is 0 Å². The molecule has 1 heterocycles. The predicted octanol–water partition coefficient (Wildman–Crippen LogP) is 3.10. The van der Waals surface area contributed by atoms with Gasteiger partial charge in [0.15, 0.2) is 0 Å². The van der Waals surface area contributed by atoms with Crippen LogP contribution in [0.15, 0.2) is 42.6 Å². The Balaban J connectivity index is 2.30. The minimum Gasteiger partial charge on any atom is -0.311 e. The third-order valence-electron chi connectivity index (χ3n) is 3.35. The highest BCUT2D eigenvalue weighted by Gasteiger charge is 2.22. The van der Waals surface area contributed by atoms with E-state index in [0.29, 0.717) is 6.04 Å². The first kappa shape index (κ1) is 12.8. The first-order chi connectivity index (χ1) is 8.76. The van der Waals surface area contributed by atoms with E-state index in [-0.39, 0.29) is 6.04 Å². The second-order valence-corrected chi connectivity index (χ2v) is 4.59. The van der Waals surface area contributed by atoms with Gasteiger partial charge < -0.3 is 5.32 Å². The second kappa shape index (κ2) is 5.83. The molecule has 2 aromatic rings. The molecule has 0 radical (unpaired) electrons. The molecule has 0 aliphatic rings. The lowest BCUT2D eigenvalue weighted by molar-refractivity contribution is 0.335. The Bertz CT molecular complexity index is 475. The molecule has 1 aromatic heterocycles. The van der Waals surface area contributed by atoms with Crippen molar-refractivity contribution in [2.24, 2.45) is 0 Å². The zero-order chi connectivity index (χ0) is 13.0. The van der Waals surface area contributed by atoms with Gasteiger partial charge in [-0.1, -0.05) is 37.3 Å². The van der Waals surface area contributed by atoms with Crippen molar-refractivity contribution in [3.05, 3.63) is 53.9 Å². The van der Waals surface area contributed by atoms with Crippen molar-refractivity contribution in [3.8, 4) is 0 Å². The fourth-order valence-electron chi connectivity index (χ4n) is 2.43. The van der Waals surface area contributed by atoms with Crippen LogP contribution in [-0.4, -0.2) is 16.8 Å². The fourth-order valence-corrected chi connectivity index (χ4v) is 2.43. The van der Waals surface area contributed by atoms with E-state index in [0.717, 1.165) is 12.1 Å². The highest BCUT2D eigenvalue weighted by atomic mass is 15.3. The molecule has 2 rings (SSSR count). The summed E-state index contributed by atoms with van der Waals surface area (Å²) in [6.07, 6.45) is 3.11. The Morgan fingerprint density at radius 2 is 1.94 bits per heavy atom.